The molecule has 27 heavy (non-hydrogen) atoms. The fourth-order valence-corrected chi connectivity index (χ4v) is 4.13. The van der Waals surface area contributed by atoms with Gasteiger partial charge in [0, 0.05) is 41.2 Å². The number of hydrogen-bond acceptors (Lipinski definition) is 5. The number of hydrogen-bond donors (Lipinski definition) is 2. The maximum atomic E-state index is 12.5. The number of amides is 1. The molecule has 7 nitrogen and oxygen atoms in total. The molecule has 0 saturated carbocycles. The Kier molecular flexibility index (Phi) is 5.97. The average molecular weight is 503 g/mol. The molecule has 1 unspecified atom stereocenters. The number of nitrogens with one attached hydrogen (secondary N) is 2. The van der Waals surface area contributed by atoms with Crippen molar-refractivity contribution in [1.29, 1.82) is 0 Å². The van der Waals surface area contributed by atoms with E-state index in [1.807, 2.05) is 40.8 Å². The normalized spacial score (nSPS) is 18.6. The van der Waals surface area contributed by atoms with Gasteiger partial charge in [-0.3, -0.25) is 9.59 Å². The van der Waals surface area contributed by atoms with Crippen LogP contribution in [0.15, 0.2) is 35.3 Å². The van der Waals surface area contributed by atoms with Crippen LogP contribution in [-0.2, 0) is 0 Å². The highest BCUT2D eigenvalue weighted by Crippen LogP contribution is 2.37. The zero-order valence-electron chi connectivity index (χ0n) is 14.7. The van der Waals surface area contributed by atoms with Crippen LogP contribution in [-0.4, -0.2) is 55.1 Å². The first-order valence-corrected chi connectivity index (χ1v) is 9.51. The van der Waals surface area contributed by atoms with Gasteiger partial charge < -0.3 is 24.8 Å². The molecule has 2 aromatic rings. The van der Waals surface area contributed by atoms with Crippen molar-refractivity contribution in [3.63, 3.8) is 0 Å². The number of likely N-dealkylation sites (N-methyl/N-ethyl adjacent to an activating group) is 1. The van der Waals surface area contributed by atoms with Gasteiger partial charge in [-0.2, -0.15) is 0 Å². The smallest absolute Gasteiger partial charge is 0.262 e. The largest absolute Gasteiger partial charge is 0.489 e. The number of pyridine rings is 1. The molecule has 0 spiro atoms. The number of fused-ring (bicyclic) bond motifs is 3. The van der Waals surface area contributed by atoms with Gasteiger partial charge in [-0.1, -0.05) is 0 Å². The minimum absolute atomic E-state index is 0. The Morgan fingerprint density at radius 2 is 2.15 bits per heavy atom. The number of nitrogens with zero attached hydrogens (tertiary/aromatic N) is 2. The van der Waals surface area contributed by atoms with E-state index in [0.717, 1.165) is 31.1 Å². The van der Waals surface area contributed by atoms with Gasteiger partial charge in [-0.15, -0.1) is 12.4 Å². The number of aromatic nitrogens is 1. The van der Waals surface area contributed by atoms with Crippen LogP contribution >= 0.6 is 35.0 Å². The molecule has 1 fully saturated rings. The molecule has 1 aromatic heterocycles. The van der Waals surface area contributed by atoms with Crippen molar-refractivity contribution >= 4 is 52.3 Å². The number of benzene rings is 1. The van der Waals surface area contributed by atoms with Crippen molar-refractivity contribution in [3.8, 4) is 5.75 Å². The van der Waals surface area contributed by atoms with Crippen LogP contribution < -0.4 is 20.5 Å². The number of carbonyl (C=O) groups excluding carboxylic acids is 1. The predicted octanol–water partition coefficient (Wildman–Crippen LogP) is 2.17. The van der Waals surface area contributed by atoms with Crippen molar-refractivity contribution in [3.05, 3.63) is 49.9 Å². The predicted molar refractivity (Wildman–Crippen MR) is 116 cm³/mol. The first-order chi connectivity index (χ1) is 12.5. The van der Waals surface area contributed by atoms with Crippen molar-refractivity contribution in [2.24, 2.45) is 0 Å². The Balaban J connectivity index is 0.00000210. The first kappa shape index (κ1) is 20.0. The Bertz CT molecular complexity index is 920. The van der Waals surface area contributed by atoms with Crippen molar-refractivity contribution in [1.82, 2.24) is 9.88 Å². The quantitative estimate of drug-likeness (QED) is 0.616. The van der Waals surface area contributed by atoms with Gasteiger partial charge in [0.25, 0.3) is 11.5 Å². The summed E-state index contributed by atoms with van der Waals surface area (Å²) in [5.74, 6) is 0.338. The second-order valence-corrected chi connectivity index (χ2v) is 7.75. The zero-order chi connectivity index (χ0) is 18.3. The Hall–Kier alpha value is -1.78. The standard InChI is InChI=1S/C18H19IN4O3.ClH/c1-22-6-7-23-12(9-22)10-26-15-8-11(2-3-14(15)23)21-18(25)16-13(19)4-5-20-17(16)24;/h2-5,8,12H,6-7,9-10H2,1H3,(H,20,24)(H,21,25);1H. The molecule has 2 aliphatic rings. The van der Waals surface area contributed by atoms with Gasteiger partial charge >= 0.3 is 0 Å². The van der Waals surface area contributed by atoms with E-state index in [9.17, 15) is 9.59 Å². The van der Waals surface area contributed by atoms with E-state index >= 15 is 0 Å². The monoisotopic (exact) mass is 502 g/mol. The van der Waals surface area contributed by atoms with Crippen LogP contribution in [0.4, 0.5) is 11.4 Å². The maximum Gasteiger partial charge on any atom is 0.262 e. The second kappa shape index (κ2) is 8.07. The van der Waals surface area contributed by atoms with Gasteiger partial charge in [0.1, 0.15) is 17.9 Å². The number of carbonyl (C=O) groups is 1. The number of rotatable bonds is 2. The lowest BCUT2D eigenvalue weighted by Crippen LogP contribution is -2.56. The van der Waals surface area contributed by atoms with Crippen LogP contribution in [0, 0.1) is 3.57 Å². The minimum Gasteiger partial charge on any atom is -0.489 e. The number of piperazine rings is 1. The van der Waals surface area contributed by atoms with Crippen molar-refractivity contribution < 1.29 is 9.53 Å². The topological polar surface area (TPSA) is 77.7 Å². The molecular formula is C18H20ClIN4O3. The highest BCUT2D eigenvalue weighted by molar-refractivity contribution is 14.1. The van der Waals surface area contributed by atoms with E-state index in [1.54, 1.807) is 6.07 Å². The molecule has 1 aromatic carbocycles. The van der Waals surface area contributed by atoms with E-state index in [0.29, 0.717) is 21.9 Å². The summed E-state index contributed by atoms with van der Waals surface area (Å²) >= 11 is 1.98. The van der Waals surface area contributed by atoms with Gasteiger partial charge in [0.15, 0.2) is 0 Å². The molecule has 9 heteroatoms. The van der Waals surface area contributed by atoms with E-state index in [4.69, 9.17) is 4.74 Å². The molecule has 4 rings (SSSR count). The van der Waals surface area contributed by atoms with Crippen LogP contribution in [0.25, 0.3) is 0 Å². The molecule has 0 radical (unpaired) electrons. The molecule has 0 aliphatic carbocycles. The summed E-state index contributed by atoms with van der Waals surface area (Å²) in [6.45, 7) is 3.59. The molecule has 3 heterocycles. The molecular weight excluding hydrogens is 483 g/mol. The fourth-order valence-electron chi connectivity index (χ4n) is 3.46. The van der Waals surface area contributed by atoms with Gasteiger partial charge in [-0.05, 0) is 47.8 Å². The number of aromatic amines is 1. The number of anilines is 2. The van der Waals surface area contributed by atoms with E-state index in [2.05, 4.69) is 27.1 Å². The average Bonchev–Trinajstić information content (AvgIpc) is 2.61. The molecule has 1 saturated heterocycles. The van der Waals surface area contributed by atoms with Crippen LogP contribution in [0.5, 0.6) is 5.75 Å². The lowest BCUT2D eigenvalue weighted by molar-refractivity contribution is 0.102. The molecule has 2 N–H and O–H groups in total. The summed E-state index contributed by atoms with van der Waals surface area (Å²) in [5, 5.41) is 2.80. The van der Waals surface area contributed by atoms with E-state index in [-0.39, 0.29) is 18.0 Å². The van der Waals surface area contributed by atoms with Gasteiger partial charge in [0.2, 0.25) is 0 Å². The molecule has 1 atom stereocenters. The SMILES string of the molecule is CN1CCN2c3ccc(NC(=O)c4c(I)cc[nH]c4=O)cc3OCC2C1.Cl. The molecule has 144 valence electrons. The molecule has 0 bridgehead atoms. The lowest BCUT2D eigenvalue weighted by atomic mass is 10.1. The fraction of sp³-hybridized carbons (Fsp3) is 0.333. The lowest BCUT2D eigenvalue weighted by Gasteiger charge is -2.44. The van der Waals surface area contributed by atoms with E-state index in [1.165, 1.54) is 6.20 Å². The summed E-state index contributed by atoms with van der Waals surface area (Å²) in [4.78, 5) is 31.6. The van der Waals surface area contributed by atoms with Crippen molar-refractivity contribution in [2.45, 2.75) is 6.04 Å². The summed E-state index contributed by atoms with van der Waals surface area (Å²) in [6.07, 6.45) is 1.53. The Labute approximate surface area is 176 Å². The number of halogens is 2. The maximum absolute atomic E-state index is 12.5. The number of ether oxygens (including phenoxy) is 1. The summed E-state index contributed by atoms with van der Waals surface area (Å²) in [6, 6.07) is 7.70. The first-order valence-electron chi connectivity index (χ1n) is 8.43. The summed E-state index contributed by atoms with van der Waals surface area (Å²) < 4.78 is 6.54. The molecule has 1 amide bonds. The second-order valence-electron chi connectivity index (χ2n) is 6.59. The number of H-pyrrole nitrogens is 1. The molecule has 2 aliphatic heterocycles. The van der Waals surface area contributed by atoms with Gasteiger partial charge in [-0.25, -0.2) is 0 Å². The van der Waals surface area contributed by atoms with Crippen molar-refractivity contribution in [2.75, 3.05) is 43.5 Å². The van der Waals surface area contributed by atoms with Crippen LogP contribution in [0.2, 0.25) is 0 Å². The third-order valence-corrected chi connectivity index (χ3v) is 5.68. The highest BCUT2D eigenvalue weighted by atomic mass is 127. The van der Waals surface area contributed by atoms with Crippen LogP contribution in [0.1, 0.15) is 10.4 Å². The Morgan fingerprint density at radius 1 is 1.33 bits per heavy atom. The van der Waals surface area contributed by atoms with E-state index < -0.39 is 11.5 Å². The summed E-state index contributed by atoms with van der Waals surface area (Å²) in [5.41, 5.74) is 1.38. The van der Waals surface area contributed by atoms with Gasteiger partial charge in [0.05, 0.1) is 11.7 Å². The zero-order valence-corrected chi connectivity index (χ0v) is 17.7. The third-order valence-electron chi connectivity index (χ3n) is 4.78. The highest BCUT2D eigenvalue weighted by Gasteiger charge is 2.31. The minimum atomic E-state index is -0.426. The third kappa shape index (κ3) is 3.92. The Morgan fingerprint density at radius 3 is 2.93 bits per heavy atom. The summed E-state index contributed by atoms with van der Waals surface area (Å²) in [7, 11) is 2.12. The van der Waals surface area contributed by atoms with Crippen LogP contribution in [0.3, 0.4) is 0 Å².